The third-order valence-corrected chi connectivity index (χ3v) is 3.01. The molecule has 2 nitrogen and oxygen atoms in total. The molecule has 0 amide bonds. The fourth-order valence-electron chi connectivity index (χ4n) is 1.12. The van der Waals surface area contributed by atoms with Crippen LogP contribution in [-0.4, -0.2) is 17.3 Å². The van der Waals surface area contributed by atoms with Crippen molar-refractivity contribution in [1.29, 1.82) is 0 Å². The van der Waals surface area contributed by atoms with Crippen LogP contribution in [0, 0.1) is 6.92 Å². The second-order valence-electron chi connectivity index (χ2n) is 4.17. The lowest BCUT2D eigenvalue weighted by Crippen LogP contribution is -2.32. The highest BCUT2D eigenvalue weighted by Crippen LogP contribution is 2.20. The fraction of sp³-hybridized carbons (Fsp3) is 0.500. The van der Waals surface area contributed by atoms with Gasteiger partial charge in [0.1, 0.15) is 0 Å². The molecule has 0 spiro atoms. The van der Waals surface area contributed by atoms with Crippen LogP contribution in [0.3, 0.4) is 0 Å². The minimum atomic E-state index is -0.669. The molecule has 1 unspecified atom stereocenters. The highest BCUT2D eigenvalue weighted by atomic mass is 35.5. The van der Waals surface area contributed by atoms with Crippen molar-refractivity contribution in [3.8, 4) is 0 Å². The van der Waals surface area contributed by atoms with E-state index in [1.54, 1.807) is 0 Å². The van der Waals surface area contributed by atoms with E-state index in [4.69, 9.17) is 11.6 Å². The molecule has 0 fully saturated rings. The third-order valence-electron chi connectivity index (χ3n) is 2.61. The quantitative estimate of drug-likeness (QED) is 0.828. The number of hydrogen-bond donors (Lipinski definition) is 2. The first-order valence-corrected chi connectivity index (χ1v) is 5.55. The number of benzene rings is 1. The summed E-state index contributed by atoms with van der Waals surface area (Å²) in [5.74, 6) is 0. The van der Waals surface area contributed by atoms with E-state index in [0.717, 1.165) is 22.7 Å². The van der Waals surface area contributed by atoms with Gasteiger partial charge in [-0.25, -0.2) is 0 Å². The van der Waals surface area contributed by atoms with E-state index in [-0.39, 0.29) is 0 Å². The summed E-state index contributed by atoms with van der Waals surface area (Å²) >= 11 is 6.00. The molecule has 0 aliphatic rings. The Hall–Kier alpha value is -0.730. The Morgan fingerprint density at radius 3 is 2.67 bits per heavy atom. The molecule has 2 N–H and O–H groups in total. The van der Waals surface area contributed by atoms with Crippen molar-refractivity contribution >= 4 is 17.3 Å². The Morgan fingerprint density at radius 2 is 2.13 bits per heavy atom. The smallest absolute Gasteiger partial charge is 0.0788 e. The molecule has 0 radical (unpaired) electrons. The van der Waals surface area contributed by atoms with E-state index in [2.05, 4.69) is 5.32 Å². The summed E-state index contributed by atoms with van der Waals surface area (Å²) in [4.78, 5) is 0. The van der Waals surface area contributed by atoms with E-state index in [1.165, 1.54) is 0 Å². The summed E-state index contributed by atoms with van der Waals surface area (Å²) in [6.07, 6.45) is 0.722. The number of anilines is 1. The summed E-state index contributed by atoms with van der Waals surface area (Å²) in [6, 6.07) is 5.81. The predicted molar refractivity (Wildman–Crippen MR) is 65.6 cm³/mol. The maximum atomic E-state index is 9.81. The minimum Gasteiger partial charge on any atom is -0.388 e. The number of nitrogens with one attached hydrogen (secondary N) is 1. The van der Waals surface area contributed by atoms with E-state index in [9.17, 15) is 5.11 Å². The Morgan fingerprint density at radius 1 is 1.47 bits per heavy atom. The lowest BCUT2D eigenvalue weighted by molar-refractivity contribution is 0.0697. The molecule has 84 valence electrons. The number of aryl methyl sites for hydroxylation is 1. The second kappa shape index (κ2) is 4.86. The molecule has 1 rings (SSSR count). The minimum absolute atomic E-state index is 0.531. The Kier molecular flexibility index (Phi) is 4.00. The SMILES string of the molecule is CCC(C)(O)CNc1ccc(C)c(Cl)c1. The number of aliphatic hydroxyl groups is 1. The standard InChI is InChI=1S/C12H18ClNO/c1-4-12(3,15)8-14-10-6-5-9(2)11(13)7-10/h5-7,14-15H,4,8H2,1-3H3. The summed E-state index contributed by atoms with van der Waals surface area (Å²) in [5.41, 5.74) is 1.33. The highest BCUT2D eigenvalue weighted by Gasteiger charge is 2.16. The highest BCUT2D eigenvalue weighted by molar-refractivity contribution is 6.31. The van der Waals surface area contributed by atoms with Crippen LogP contribution in [-0.2, 0) is 0 Å². The zero-order valence-corrected chi connectivity index (χ0v) is 10.2. The molecule has 0 heterocycles. The summed E-state index contributed by atoms with van der Waals surface area (Å²) in [7, 11) is 0. The first-order valence-electron chi connectivity index (χ1n) is 5.17. The van der Waals surface area contributed by atoms with Gasteiger partial charge in [0, 0.05) is 17.3 Å². The van der Waals surface area contributed by atoms with Crippen molar-refractivity contribution in [1.82, 2.24) is 0 Å². The van der Waals surface area contributed by atoms with Crippen LogP contribution in [0.25, 0.3) is 0 Å². The van der Waals surface area contributed by atoms with Gasteiger partial charge >= 0.3 is 0 Å². The van der Waals surface area contributed by atoms with Gasteiger partial charge in [-0.05, 0) is 38.0 Å². The summed E-state index contributed by atoms with van der Waals surface area (Å²) < 4.78 is 0. The van der Waals surface area contributed by atoms with Crippen molar-refractivity contribution in [2.24, 2.45) is 0 Å². The Labute approximate surface area is 96.3 Å². The van der Waals surface area contributed by atoms with E-state index >= 15 is 0 Å². The van der Waals surface area contributed by atoms with Crippen LogP contribution in [0.4, 0.5) is 5.69 Å². The molecular formula is C12H18ClNO. The zero-order chi connectivity index (χ0) is 11.5. The van der Waals surface area contributed by atoms with Crippen molar-refractivity contribution in [2.45, 2.75) is 32.8 Å². The summed E-state index contributed by atoms with van der Waals surface area (Å²) in [6.45, 7) is 6.27. The first kappa shape index (κ1) is 12.3. The average Bonchev–Trinajstić information content (AvgIpc) is 2.20. The van der Waals surface area contributed by atoms with Gasteiger partial charge in [-0.1, -0.05) is 24.6 Å². The van der Waals surface area contributed by atoms with E-state index in [1.807, 2.05) is 39.0 Å². The fourth-order valence-corrected chi connectivity index (χ4v) is 1.30. The van der Waals surface area contributed by atoms with Crippen LogP contribution in [0.5, 0.6) is 0 Å². The monoisotopic (exact) mass is 227 g/mol. The van der Waals surface area contributed by atoms with Crippen molar-refractivity contribution < 1.29 is 5.11 Å². The topological polar surface area (TPSA) is 32.3 Å². The van der Waals surface area contributed by atoms with Crippen LogP contribution >= 0.6 is 11.6 Å². The molecule has 3 heteroatoms. The lowest BCUT2D eigenvalue weighted by atomic mass is 10.0. The van der Waals surface area contributed by atoms with Gasteiger partial charge in [-0.3, -0.25) is 0 Å². The molecular weight excluding hydrogens is 210 g/mol. The number of hydrogen-bond acceptors (Lipinski definition) is 2. The van der Waals surface area contributed by atoms with Gasteiger partial charge in [0.15, 0.2) is 0 Å². The van der Waals surface area contributed by atoms with Crippen molar-refractivity contribution in [3.05, 3.63) is 28.8 Å². The van der Waals surface area contributed by atoms with Crippen LogP contribution in [0.1, 0.15) is 25.8 Å². The van der Waals surface area contributed by atoms with Crippen LogP contribution in [0.15, 0.2) is 18.2 Å². The Bertz CT molecular complexity index is 336. The Balaban J connectivity index is 2.62. The predicted octanol–water partition coefficient (Wildman–Crippen LogP) is 3.22. The summed E-state index contributed by atoms with van der Waals surface area (Å²) in [5, 5.41) is 13.7. The molecule has 1 aromatic rings. The normalized spacial score (nSPS) is 14.7. The first-order chi connectivity index (χ1) is 6.94. The van der Waals surface area contributed by atoms with Crippen molar-refractivity contribution in [3.63, 3.8) is 0 Å². The molecule has 1 atom stereocenters. The molecule has 0 saturated heterocycles. The number of rotatable bonds is 4. The molecule has 0 aliphatic carbocycles. The van der Waals surface area contributed by atoms with E-state index in [0.29, 0.717) is 6.54 Å². The maximum Gasteiger partial charge on any atom is 0.0788 e. The lowest BCUT2D eigenvalue weighted by Gasteiger charge is -2.22. The molecule has 0 aromatic heterocycles. The third kappa shape index (κ3) is 3.73. The van der Waals surface area contributed by atoms with E-state index < -0.39 is 5.60 Å². The molecule has 15 heavy (non-hydrogen) atoms. The van der Waals surface area contributed by atoms with Crippen LogP contribution in [0.2, 0.25) is 5.02 Å². The molecule has 0 aliphatic heterocycles. The molecule has 1 aromatic carbocycles. The van der Waals surface area contributed by atoms with Gasteiger partial charge < -0.3 is 10.4 Å². The zero-order valence-electron chi connectivity index (χ0n) is 9.47. The van der Waals surface area contributed by atoms with Gasteiger partial charge in [0.25, 0.3) is 0 Å². The maximum absolute atomic E-state index is 9.81. The van der Waals surface area contributed by atoms with Gasteiger partial charge in [0.05, 0.1) is 5.60 Å². The largest absolute Gasteiger partial charge is 0.388 e. The number of halogens is 1. The second-order valence-corrected chi connectivity index (χ2v) is 4.58. The van der Waals surface area contributed by atoms with Gasteiger partial charge in [-0.2, -0.15) is 0 Å². The van der Waals surface area contributed by atoms with Crippen molar-refractivity contribution in [2.75, 3.05) is 11.9 Å². The van der Waals surface area contributed by atoms with Gasteiger partial charge in [0.2, 0.25) is 0 Å². The molecule has 0 bridgehead atoms. The van der Waals surface area contributed by atoms with Crippen LogP contribution < -0.4 is 5.32 Å². The van der Waals surface area contributed by atoms with Gasteiger partial charge in [-0.15, -0.1) is 0 Å². The average molecular weight is 228 g/mol. The molecule has 0 saturated carbocycles.